The van der Waals surface area contributed by atoms with Crippen molar-refractivity contribution in [3.63, 3.8) is 0 Å². The van der Waals surface area contributed by atoms with E-state index in [1.54, 1.807) is 18.7 Å². The molecule has 5 heteroatoms. The monoisotopic (exact) mass is 281 g/mol. The van der Waals surface area contributed by atoms with Gasteiger partial charge in [0.15, 0.2) is 0 Å². The first-order valence-corrected chi connectivity index (χ1v) is 5.60. The quantitative estimate of drug-likeness (QED) is 0.940. The largest absolute Gasteiger partial charge is 0.467 e. The Kier molecular flexibility index (Phi) is 3.14. The zero-order valence-corrected chi connectivity index (χ0v) is 10.4. The molecule has 84 valence electrons. The average molecular weight is 282 g/mol. The molecule has 0 bridgehead atoms. The summed E-state index contributed by atoms with van der Waals surface area (Å²) in [6, 6.07) is 3.80. The second-order valence-electron chi connectivity index (χ2n) is 3.49. The SMILES string of the molecule is CN(Cc1ccco1)c1c(N)cncc1Br. The number of nitrogens with two attached hydrogens (primary N) is 1. The third kappa shape index (κ3) is 2.19. The number of pyridine rings is 1. The normalized spacial score (nSPS) is 10.4. The van der Waals surface area contributed by atoms with Crippen LogP contribution in [0.1, 0.15) is 5.76 Å². The van der Waals surface area contributed by atoms with E-state index in [2.05, 4.69) is 20.9 Å². The molecule has 2 aromatic rings. The van der Waals surface area contributed by atoms with Crippen LogP contribution in [0.4, 0.5) is 11.4 Å². The second kappa shape index (κ2) is 4.57. The summed E-state index contributed by atoms with van der Waals surface area (Å²) in [6.07, 6.45) is 5.02. The zero-order chi connectivity index (χ0) is 11.5. The molecule has 0 radical (unpaired) electrons. The minimum absolute atomic E-state index is 0.642. The van der Waals surface area contributed by atoms with Gasteiger partial charge in [-0.25, -0.2) is 0 Å². The molecule has 0 saturated heterocycles. The standard InChI is InChI=1S/C11H12BrN3O/c1-15(7-8-3-2-4-16-8)11-9(12)5-14-6-10(11)13/h2-6H,7,13H2,1H3. The van der Waals surface area contributed by atoms with Gasteiger partial charge in [-0.1, -0.05) is 0 Å². The summed E-state index contributed by atoms with van der Waals surface area (Å²) in [5.74, 6) is 0.894. The van der Waals surface area contributed by atoms with E-state index < -0.39 is 0 Å². The van der Waals surface area contributed by atoms with Gasteiger partial charge in [0.05, 0.1) is 34.9 Å². The van der Waals surface area contributed by atoms with Crippen molar-refractivity contribution in [3.8, 4) is 0 Å². The van der Waals surface area contributed by atoms with Gasteiger partial charge < -0.3 is 15.1 Å². The highest BCUT2D eigenvalue weighted by atomic mass is 79.9. The lowest BCUT2D eigenvalue weighted by Crippen LogP contribution is -2.18. The van der Waals surface area contributed by atoms with E-state index >= 15 is 0 Å². The van der Waals surface area contributed by atoms with Gasteiger partial charge in [0.25, 0.3) is 0 Å². The molecule has 0 saturated carbocycles. The number of nitrogen functional groups attached to an aromatic ring is 1. The molecular formula is C11H12BrN3O. The predicted molar refractivity (Wildman–Crippen MR) is 67.2 cm³/mol. The fraction of sp³-hybridized carbons (Fsp3) is 0.182. The lowest BCUT2D eigenvalue weighted by molar-refractivity contribution is 0.507. The predicted octanol–water partition coefficient (Wildman–Crippen LogP) is 2.66. The van der Waals surface area contributed by atoms with Crippen molar-refractivity contribution < 1.29 is 4.42 Å². The second-order valence-corrected chi connectivity index (χ2v) is 4.35. The highest BCUT2D eigenvalue weighted by Gasteiger charge is 2.11. The lowest BCUT2D eigenvalue weighted by atomic mass is 10.3. The summed E-state index contributed by atoms with van der Waals surface area (Å²) >= 11 is 3.44. The first-order chi connectivity index (χ1) is 7.68. The van der Waals surface area contributed by atoms with Crippen molar-refractivity contribution in [3.05, 3.63) is 41.0 Å². The number of halogens is 1. The maximum Gasteiger partial charge on any atom is 0.123 e. The van der Waals surface area contributed by atoms with Gasteiger partial charge in [-0.3, -0.25) is 4.98 Å². The molecule has 16 heavy (non-hydrogen) atoms. The fourth-order valence-electron chi connectivity index (χ4n) is 1.56. The summed E-state index contributed by atoms with van der Waals surface area (Å²) in [7, 11) is 1.96. The summed E-state index contributed by atoms with van der Waals surface area (Å²) in [6.45, 7) is 0.666. The number of furan rings is 1. The van der Waals surface area contributed by atoms with Crippen molar-refractivity contribution >= 4 is 27.3 Å². The van der Waals surface area contributed by atoms with E-state index in [-0.39, 0.29) is 0 Å². The number of nitrogens with zero attached hydrogens (tertiary/aromatic N) is 2. The summed E-state index contributed by atoms with van der Waals surface area (Å²) < 4.78 is 6.17. The van der Waals surface area contributed by atoms with Crippen LogP contribution in [0, 0.1) is 0 Å². The van der Waals surface area contributed by atoms with Gasteiger partial charge in [0.1, 0.15) is 5.76 Å². The molecule has 0 atom stereocenters. The van der Waals surface area contributed by atoms with Crippen molar-refractivity contribution in [2.45, 2.75) is 6.54 Å². The third-order valence-corrected chi connectivity index (χ3v) is 2.84. The van der Waals surface area contributed by atoms with Crippen molar-refractivity contribution in [1.82, 2.24) is 4.98 Å². The molecule has 2 rings (SSSR count). The van der Waals surface area contributed by atoms with Gasteiger partial charge in [-0.15, -0.1) is 0 Å². The molecule has 0 aliphatic heterocycles. The molecule has 0 fully saturated rings. The lowest BCUT2D eigenvalue weighted by Gasteiger charge is -2.20. The van der Waals surface area contributed by atoms with Crippen LogP contribution in [0.15, 0.2) is 39.7 Å². The van der Waals surface area contributed by atoms with Crippen LogP contribution < -0.4 is 10.6 Å². The molecule has 0 unspecified atom stereocenters. The molecule has 0 aliphatic carbocycles. The van der Waals surface area contributed by atoms with E-state index in [1.165, 1.54) is 0 Å². The molecule has 4 nitrogen and oxygen atoms in total. The highest BCUT2D eigenvalue weighted by molar-refractivity contribution is 9.10. The Balaban J connectivity index is 2.24. The fourth-order valence-corrected chi connectivity index (χ4v) is 2.21. The molecular weight excluding hydrogens is 270 g/mol. The highest BCUT2D eigenvalue weighted by Crippen LogP contribution is 2.31. The summed E-state index contributed by atoms with van der Waals surface area (Å²) in [4.78, 5) is 6.02. The molecule has 0 spiro atoms. The maximum absolute atomic E-state index is 5.89. The van der Waals surface area contributed by atoms with Gasteiger partial charge >= 0.3 is 0 Å². The average Bonchev–Trinajstić information content (AvgIpc) is 2.70. The Morgan fingerprint density at radius 2 is 2.31 bits per heavy atom. The van der Waals surface area contributed by atoms with E-state index in [0.717, 1.165) is 15.9 Å². The van der Waals surface area contributed by atoms with Gasteiger partial charge in [0.2, 0.25) is 0 Å². The number of hydrogen-bond acceptors (Lipinski definition) is 4. The van der Waals surface area contributed by atoms with Crippen molar-refractivity contribution in [1.29, 1.82) is 0 Å². The molecule has 0 amide bonds. The molecule has 0 aromatic carbocycles. The topological polar surface area (TPSA) is 55.3 Å². The van der Waals surface area contributed by atoms with Gasteiger partial charge in [-0.05, 0) is 28.1 Å². The van der Waals surface area contributed by atoms with E-state index in [4.69, 9.17) is 10.2 Å². The molecule has 2 aromatic heterocycles. The van der Waals surface area contributed by atoms with E-state index in [0.29, 0.717) is 12.2 Å². The zero-order valence-electron chi connectivity index (χ0n) is 8.85. The maximum atomic E-state index is 5.89. The van der Waals surface area contributed by atoms with Crippen LogP contribution in [-0.2, 0) is 6.54 Å². The smallest absolute Gasteiger partial charge is 0.123 e. The molecule has 2 N–H and O–H groups in total. The van der Waals surface area contributed by atoms with Crippen LogP contribution in [0.3, 0.4) is 0 Å². The van der Waals surface area contributed by atoms with Crippen molar-refractivity contribution in [2.24, 2.45) is 0 Å². The number of anilines is 2. The van der Waals surface area contributed by atoms with E-state index in [1.807, 2.05) is 24.1 Å². The van der Waals surface area contributed by atoms with Crippen LogP contribution in [0.25, 0.3) is 0 Å². The molecule has 2 heterocycles. The van der Waals surface area contributed by atoms with Crippen LogP contribution in [0.5, 0.6) is 0 Å². The Morgan fingerprint density at radius 1 is 1.50 bits per heavy atom. The van der Waals surface area contributed by atoms with Crippen LogP contribution >= 0.6 is 15.9 Å². The Morgan fingerprint density at radius 3 is 2.94 bits per heavy atom. The van der Waals surface area contributed by atoms with Crippen LogP contribution in [-0.4, -0.2) is 12.0 Å². The summed E-state index contributed by atoms with van der Waals surface area (Å²) in [5.41, 5.74) is 7.45. The molecule has 0 aliphatic rings. The number of hydrogen-bond donors (Lipinski definition) is 1. The summed E-state index contributed by atoms with van der Waals surface area (Å²) in [5, 5.41) is 0. The van der Waals surface area contributed by atoms with Gasteiger partial charge in [0, 0.05) is 13.2 Å². The Labute approximate surface area is 102 Å². The van der Waals surface area contributed by atoms with E-state index in [9.17, 15) is 0 Å². The first-order valence-electron chi connectivity index (χ1n) is 4.81. The van der Waals surface area contributed by atoms with Crippen LogP contribution in [0.2, 0.25) is 0 Å². The number of rotatable bonds is 3. The Bertz CT molecular complexity index is 450. The first kappa shape index (κ1) is 11.0. The Hall–Kier alpha value is -1.49. The van der Waals surface area contributed by atoms with Crippen molar-refractivity contribution in [2.75, 3.05) is 17.7 Å². The minimum Gasteiger partial charge on any atom is -0.467 e. The van der Waals surface area contributed by atoms with Gasteiger partial charge in [-0.2, -0.15) is 0 Å². The number of aromatic nitrogens is 1. The minimum atomic E-state index is 0.642. The third-order valence-electron chi connectivity index (χ3n) is 2.26.